The van der Waals surface area contributed by atoms with E-state index < -0.39 is 0 Å². The van der Waals surface area contributed by atoms with Gasteiger partial charge in [-0.1, -0.05) is 0 Å². The molecule has 0 fully saturated rings. The summed E-state index contributed by atoms with van der Waals surface area (Å²) in [5.41, 5.74) is 0. The first-order chi connectivity index (χ1) is 9.45. The topological polar surface area (TPSA) is 0 Å². The van der Waals surface area contributed by atoms with Crippen molar-refractivity contribution < 1.29 is 13.4 Å². The molecule has 21 heavy (non-hydrogen) atoms. The van der Waals surface area contributed by atoms with Crippen molar-refractivity contribution >= 4 is 35.9 Å². The summed E-state index contributed by atoms with van der Waals surface area (Å²) in [6.45, 7) is 0. The van der Waals surface area contributed by atoms with Gasteiger partial charge in [0, 0.05) is 0 Å². The molecule has 0 aliphatic carbocycles. The molecule has 0 amide bonds. The van der Waals surface area contributed by atoms with Crippen LogP contribution in [0, 0.1) is 0 Å². The van der Waals surface area contributed by atoms with Gasteiger partial charge in [0.15, 0.2) is 0 Å². The molecule has 0 aliphatic rings. The average molecular weight is 360 g/mol. The Morgan fingerprint density at radius 3 is 0.905 bits per heavy atom. The third-order valence-electron chi connectivity index (χ3n) is 2.69. The van der Waals surface area contributed by atoms with Gasteiger partial charge in [0.25, 0.3) is 0 Å². The molecule has 1 atom stereocenters. The van der Waals surface area contributed by atoms with Crippen molar-refractivity contribution in [3.8, 4) is 0 Å². The van der Waals surface area contributed by atoms with Crippen molar-refractivity contribution in [1.82, 2.24) is 0 Å². The molecule has 1 unspecified atom stereocenters. The second-order valence-electron chi connectivity index (χ2n) is 4.02. The maximum absolute atomic E-state index is 2.22. The quantitative estimate of drug-likeness (QED) is 0.497. The predicted molar refractivity (Wildman–Crippen MR) is 96.6 cm³/mol. The van der Waals surface area contributed by atoms with Crippen LogP contribution in [0.25, 0.3) is 0 Å². The van der Waals surface area contributed by atoms with Crippen LogP contribution in [0.4, 0.5) is 0 Å². The van der Waals surface area contributed by atoms with E-state index in [0.717, 1.165) is 0 Å². The van der Waals surface area contributed by atoms with Gasteiger partial charge in [0.05, 0.1) is 0 Å². The molecule has 113 valence electrons. The molecule has 0 saturated carbocycles. The van der Waals surface area contributed by atoms with E-state index >= 15 is 0 Å². The molecular weight excluding hydrogens is 341 g/mol. The van der Waals surface area contributed by atoms with Crippen LogP contribution in [0.15, 0.2) is 91.0 Å². The van der Waals surface area contributed by atoms with Gasteiger partial charge in [0.1, 0.15) is 0 Å². The summed E-state index contributed by atoms with van der Waals surface area (Å²) >= 11 is -0.176. The third kappa shape index (κ3) is 4.42. The molecule has 0 heterocycles. The summed E-state index contributed by atoms with van der Waals surface area (Å²) in [4.78, 5) is 0. The fraction of sp³-hybridized carbons (Fsp3) is 0. The molecule has 0 spiro atoms. The number of halogens is 1. The fourth-order valence-corrected chi connectivity index (χ4v) is 4.39. The molecule has 3 aromatic rings. The Labute approximate surface area is 140 Å². The first-order valence-electron chi connectivity index (χ1n) is 6.21. The van der Waals surface area contributed by atoms with E-state index in [0.29, 0.717) is 0 Å². The van der Waals surface area contributed by atoms with E-state index in [4.69, 9.17) is 0 Å². The minimum absolute atomic E-state index is 0. The zero-order valence-electron chi connectivity index (χ0n) is 11.6. The molecule has 0 saturated heterocycles. The molecule has 0 N–H and O–H groups in total. The van der Waals surface area contributed by atoms with Crippen molar-refractivity contribution in [2.45, 2.75) is 0 Å². The van der Waals surface area contributed by atoms with Crippen LogP contribution >= 0.6 is 22.3 Å². The van der Waals surface area contributed by atoms with E-state index in [1.165, 1.54) is 13.6 Å². The summed E-state index contributed by atoms with van der Waals surface area (Å²) in [5.74, 6) is 0. The standard InChI is InChI=1S/3C6H5.ClH.Ni.H3P/c3*1-2-4-6-5-3-1;;;/h3*1-5H;1H;;1H3. The van der Waals surface area contributed by atoms with E-state index in [2.05, 4.69) is 91.0 Å². The SMILES string of the molecule is Cl.P.c1cc[c]([Ni]([c]2ccccc2)[c]2ccccc2)cc1. The van der Waals surface area contributed by atoms with Crippen LogP contribution in [0.3, 0.4) is 0 Å². The average Bonchev–Trinajstić information content (AvgIpc) is 2.51. The van der Waals surface area contributed by atoms with E-state index in [9.17, 15) is 0 Å². The van der Waals surface area contributed by atoms with Crippen LogP contribution < -0.4 is 13.6 Å². The van der Waals surface area contributed by atoms with Crippen LogP contribution in [0.2, 0.25) is 0 Å². The Bertz CT molecular complexity index is 535. The third-order valence-corrected chi connectivity index (χ3v) is 5.38. The van der Waals surface area contributed by atoms with Crippen molar-refractivity contribution in [2.75, 3.05) is 0 Å². The first kappa shape index (κ1) is 17.9. The van der Waals surface area contributed by atoms with Crippen LogP contribution in [-0.2, 0) is 13.4 Å². The fourth-order valence-electron chi connectivity index (χ4n) is 1.84. The summed E-state index contributed by atoms with van der Waals surface area (Å²) in [5, 5.41) is 0. The molecule has 0 aliphatic heterocycles. The van der Waals surface area contributed by atoms with Gasteiger partial charge < -0.3 is 0 Å². The Hall–Kier alpha value is -1.13. The Morgan fingerprint density at radius 2 is 0.667 bits per heavy atom. The summed E-state index contributed by atoms with van der Waals surface area (Å²) in [7, 11) is 0. The predicted octanol–water partition coefficient (Wildman–Crippen LogP) is 3.06. The van der Waals surface area contributed by atoms with Gasteiger partial charge in [0.2, 0.25) is 0 Å². The van der Waals surface area contributed by atoms with Gasteiger partial charge in [-0.15, -0.1) is 12.4 Å². The molecule has 3 aromatic carbocycles. The van der Waals surface area contributed by atoms with Crippen molar-refractivity contribution in [3.05, 3.63) is 91.0 Å². The van der Waals surface area contributed by atoms with Crippen molar-refractivity contribution in [3.63, 3.8) is 0 Å². The van der Waals surface area contributed by atoms with E-state index in [1.807, 2.05) is 0 Å². The molecule has 0 nitrogen and oxygen atoms in total. The Balaban J connectivity index is 0.00000110. The van der Waals surface area contributed by atoms with Gasteiger partial charge in [-0.25, -0.2) is 0 Å². The zero-order valence-corrected chi connectivity index (χ0v) is 14.8. The molecule has 3 heteroatoms. The number of hydrogen-bond acceptors (Lipinski definition) is 0. The number of hydrogen-bond donors (Lipinski definition) is 0. The second-order valence-corrected chi connectivity index (χ2v) is 6.47. The van der Waals surface area contributed by atoms with E-state index in [-0.39, 0.29) is 35.7 Å². The van der Waals surface area contributed by atoms with Gasteiger partial charge in [-0.3, -0.25) is 0 Å². The Morgan fingerprint density at radius 1 is 0.429 bits per heavy atom. The molecule has 3 rings (SSSR count). The maximum atomic E-state index is 2.22. The number of benzene rings is 3. The van der Waals surface area contributed by atoms with Gasteiger partial charge in [-0.05, 0) is 0 Å². The monoisotopic (exact) mass is 359 g/mol. The summed E-state index contributed by atoms with van der Waals surface area (Å²) < 4.78 is 4.12. The van der Waals surface area contributed by atoms with E-state index in [1.54, 1.807) is 0 Å². The van der Waals surface area contributed by atoms with Crippen molar-refractivity contribution in [2.24, 2.45) is 0 Å². The molecular formula is C18H19ClNiP. The summed E-state index contributed by atoms with van der Waals surface area (Å²) in [6, 6.07) is 32.2. The van der Waals surface area contributed by atoms with Crippen LogP contribution in [-0.4, -0.2) is 0 Å². The van der Waals surface area contributed by atoms with Gasteiger partial charge >= 0.3 is 118 Å². The minimum atomic E-state index is -0.176. The van der Waals surface area contributed by atoms with Gasteiger partial charge in [-0.2, -0.15) is 9.90 Å². The molecule has 0 bridgehead atoms. The first-order valence-corrected chi connectivity index (χ1v) is 7.69. The second kappa shape index (κ2) is 9.01. The summed E-state index contributed by atoms with van der Waals surface area (Å²) in [6.07, 6.45) is 0. The van der Waals surface area contributed by atoms with Crippen LogP contribution in [0.1, 0.15) is 0 Å². The Kier molecular flexibility index (Phi) is 7.69. The molecule has 0 radical (unpaired) electrons. The normalized spacial score (nSPS) is 10.0. The zero-order chi connectivity index (χ0) is 12.9. The van der Waals surface area contributed by atoms with Crippen LogP contribution in [0.5, 0.6) is 0 Å². The number of rotatable bonds is 3. The molecule has 0 aromatic heterocycles. The van der Waals surface area contributed by atoms with Crippen molar-refractivity contribution in [1.29, 1.82) is 0 Å².